The molecule has 250 valence electrons. The molecule has 0 aromatic rings. The Hall–Kier alpha value is -1.51. The second-order valence-electron chi connectivity index (χ2n) is 12.8. The summed E-state index contributed by atoms with van der Waals surface area (Å²) in [6.45, 7) is 6.71. The Kier molecular flexibility index (Phi) is 12.7. The molecule has 0 unspecified atom stereocenters. The smallest absolute Gasteiger partial charge is 0.250 e. The summed E-state index contributed by atoms with van der Waals surface area (Å²) >= 11 is 0. The van der Waals surface area contributed by atoms with E-state index in [0.29, 0.717) is 31.8 Å². The second kappa shape index (κ2) is 15.2. The first-order valence-corrected chi connectivity index (χ1v) is 14.8. The van der Waals surface area contributed by atoms with E-state index >= 15 is 0 Å². The number of ether oxygens (including phenoxy) is 4. The topological polar surface area (TPSA) is 275 Å². The molecule has 3 rings (SSSR count). The summed E-state index contributed by atoms with van der Waals surface area (Å²) in [4.78, 5) is 12.6. The first-order valence-electron chi connectivity index (χ1n) is 14.8. The molecule has 0 aromatic carbocycles. The Morgan fingerprint density at radius 3 is 2.47 bits per heavy atom. The van der Waals surface area contributed by atoms with E-state index in [1.165, 1.54) is 6.92 Å². The van der Waals surface area contributed by atoms with E-state index in [0.717, 1.165) is 0 Å². The predicted molar refractivity (Wildman–Crippen MR) is 156 cm³/mol. The average molecular weight is 620 g/mol. The SMILES string of the molecule is CN[C@@H]1[C@@H](O)[C@@H](O[C@@H]2[C@@H](O)[C@H](O[C@H]3OC(CNCC(C)(C)CN)=CC[C@H]3N)[C@@H](N)C[C@H]2NC(=O)[C@@H](O)CN)OC[C@]1(C)O. The lowest BCUT2D eigenvalue weighted by Gasteiger charge is -2.48. The summed E-state index contributed by atoms with van der Waals surface area (Å²) in [5, 5.41) is 51.9. The largest absolute Gasteiger partial charge is 0.467 e. The van der Waals surface area contributed by atoms with Crippen LogP contribution in [0, 0.1) is 5.41 Å². The van der Waals surface area contributed by atoms with E-state index in [9.17, 15) is 25.2 Å². The molecule has 0 radical (unpaired) electrons. The molecular weight excluding hydrogens is 566 g/mol. The highest BCUT2D eigenvalue weighted by Crippen LogP contribution is 2.32. The zero-order chi connectivity index (χ0) is 32.1. The summed E-state index contributed by atoms with van der Waals surface area (Å²) in [7, 11) is 1.57. The lowest BCUT2D eigenvalue weighted by Crippen LogP contribution is -2.69. The maximum Gasteiger partial charge on any atom is 0.250 e. The molecule has 3 aliphatic rings. The van der Waals surface area contributed by atoms with Crippen molar-refractivity contribution >= 4 is 5.91 Å². The molecule has 16 nitrogen and oxygen atoms in total. The number of hydrogen-bond donors (Lipinski definition) is 11. The molecule has 12 atom stereocenters. The first-order chi connectivity index (χ1) is 20.1. The standard InChI is InChI=1S/C27H53N7O9/c1-26(2,10-29)11-33-9-13-5-6-14(30)24(41-13)42-20-15(31)7-16(34-23(38)17(35)8-28)21(18(20)36)43-25-19(37)22(32-4)27(3,39)12-40-25/h5,14-22,24-25,32-33,35-37,39H,6-12,28-31H2,1-4H3,(H,34,38)/t14-,15+,16-,17+,18+,19-,20-,21+,22-,24-,25-,27+/m1/s1. The van der Waals surface area contributed by atoms with Crippen molar-refractivity contribution < 1.29 is 44.2 Å². The van der Waals surface area contributed by atoms with Crippen LogP contribution in [0.25, 0.3) is 0 Å². The molecule has 15 N–H and O–H groups in total. The number of aliphatic hydroxyl groups excluding tert-OH is 3. The van der Waals surface area contributed by atoms with Crippen LogP contribution in [0.15, 0.2) is 11.8 Å². The van der Waals surface area contributed by atoms with Gasteiger partial charge in [0.25, 0.3) is 0 Å². The Balaban J connectivity index is 1.76. The molecule has 1 amide bonds. The molecule has 2 fully saturated rings. The Morgan fingerprint density at radius 1 is 1.16 bits per heavy atom. The summed E-state index contributed by atoms with van der Waals surface area (Å²) in [6.07, 6.45) is -6.40. The van der Waals surface area contributed by atoms with Gasteiger partial charge < -0.3 is 78.3 Å². The van der Waals surface area contributed by atoms with Crippen LogP contribution in [0.2, 0.25) is 0 Å². The lowest BCUT2D eigenvalue weighted by atomic mass is 9.83. The van der Waals surface area contributed by atoms with Gasteiger partial charge in [0.05, 0.1) is 31.3 Å². The molecule has 1 saturated heterocycles. The summed E-state index contributed by atoms with van der Waals surface area (Å²) in [5.74, 6) is -0.158. The summed E-state index contributed by atoms with van der Waals surface area (Å²) in [6, 6.07) is -3.11. The summed E-state index contributed by atoms with van der Waals surface area (Å²) in [5.41, 5.74) is 22.5. The minimum absolute atomic E-state index is 0.0613. The van der Waals surface area contributed by atoms with E-state index in [1.807, 2.05) is 19.9 Å². The van der Waals surface area contributed by atoms with Crippen molar-refractivity contribution in [1.29, 1.82) is 0 Å². The van der Waals surface area contributed by atoms with Crippen LogP contribution in [-0.4, -0.2) is 139 Å². The van der Waals surface area contributed by atoms with Crippen LogP contribution < -0.4 is 38.9 Å². The quantitative estimate of drug-likeness (QED) is 0.0923. The van der Waals surface area contributed by atoms with Crippen LogP contribution >= 0.6 is 0 Å². The highest BCUT2D eigenvalue weighted by Gasteiger charge is 2.52. The van der Waals surface area contributed by atoms with E-state index in [4.69, 9.17) is 41.9 Å². The number of carbonyl (C=O) groups excluding carboxylic acids is 1. The molecule has 0 spiro atoms. The van der Waals surface area contributed by atoms with E-state index < -0.39 is 78.8 Å². The number of likely N-dealkylation sites (N-methyl/N-ethyl adjacent to an activating group) is 1. The van der Waals surface area contributed by atoms with Gasteiger partial charge in [-0.15, -0.1) is 0 Å². The maximum absolute atomic E-state index is 12.6. The van der Waals surface area contributed by atoms with Gasteiger partial charge in [0, 0.05) is 19.1 Å². The maximum atomic E-state index is 12.6. The Morgan fingerprint density at radius 2 is 1.84 bits per heavy atom. The number of nitrogens with two attached hydrogens (primary N) is 4. The lowest BCUT2D eigenvalue weighted by molar-refractivity contribution is -0.304. The molecule has 16 heteroatoms. The van der Waals surface area contributed by atoms with Crippen molar-refractivity contribution in [2.75, 3.05) is 39.8 Å². The predicted octanol–water partition coefficient (Wildman–Crippen LogP) is -4.76. The first kappa shape index (κ1) is 36.0. The minimum Gasteiger partial charge on any atom is -0.467 e. The number of amides is 1. The fourth-order valence-electron chi connectivity index (χ4n) is 5.50. The van der Waals surface area contributed by atoms with Crippen LogP contribution in [0.3, 0.4) is 0 Å². The van der Waals surface area contributed by atoms with Crippen LogP contribution in [-0.2, 0) is 23.7 Å². The molecule has 2 heterocycles. The third-order valence-corrected chi connectivity index (χ3v) is 8.29. The van der Waals surface area contributed by atoms with Gasteiger partial charge >= 0.3 is 0 Å². The van der Waals surface area contributed by atoms with Gasteiger partial charge in [-0.1, -0.05) is 13.8 Å². The Bertz CT molecular complexity index is 942. The van der Waals surface area contributed by atoms with E-state index in [-0.39, 0.29) is 25.0 Å². The van der Waals surface area contributed by atoms with Gasteiger partial charge in [0.15, 0.2) is 6.29 Å². The number of nitrogens with one attached hydrogen (secondary N) is 3. The zero-order valence-electron chi connectivity index (χ0n) is 25.5. The molecule has 1 aliphatic carbocycles. The van der Waals surface area contributed by atoms with Gasteiger partial charge in [-0.2, -0.15) is 0 Å². The fourth-order valence-corrected chi connectivity index (χ4v) is 5.50. The zero-order valence-corrected chi connectivity index (χ0v) is 25.5. The van der Waals surface area contributed by atoms with Gasteiger partial charge in [-0.25, -0.2) is 0 Å². The fraction of sp³-hybridized carbons (Fsp3) is 0.889. The molecule has 0 aromatic heterocycles. The Labute approximate surface area is 252 Å². The second-order valence-corrected chi connectivity index (χ2v) is 12.8. The molecule has 43 heavy (non-hydrogen) atoms. The van der Waals surface area contributed by atoms with Crippen molar-refractivity contribution in [2.24, 2.45) is 28.3 Å². The van der Waals surface area contributed by atoms with E-state index in [1.54, 1.807) is 7.05 Å². The van der Waals surface area contributed by atoms with Gasteiger partial charge in [-0.05, 0) is 44.8 Å². The third kappa shape index (κ3) is 9.03. The molecule has 0 bridgehead atoms. The monoisotopic (exact) mass is 619 g/mol. The highest BCUT2D eigenvalue weighted by atomic mass is 16.7. The van der Waals surface area contributed by atoms with Gasteiger partial charge in [0.2, 0.25) is 12.2 Å². The number of carbonyl (C=O) groups is 1. The van der Waals surface area contributed by atoms with Crippen molar-refractivity contribution in [2.45, 2.75) is 106 Å². The highest BCUT2D eigenvalue weighted by molar-refractivity contribution is 5.81. The molecule has 2 aliphatic heterocycles. The van der Waals surface area contributed by atoms with Crippen molar-refractivity contribution in [3.63, 3.8) is 0 Å². The average Bonchev–Trinajstić information content (AvgIpc) is 2.95. The number of hydrogen-bond acceptors (Lipinski definition) is 15. The summed E-state index contributed by atoms with van der Waals surface area (Å²) < 4.78 is 23.9. The minimum atomic E-state index is -1.49. The third-order valence-electron chi connectivity index (χ3n) is 8.29. The van der Waals surface area contributed by atoms with Crippen LogP contribution in [0.4, 0.5) is 0 Å². The van der Waals surface area contributed by atoms with Gasteiger partial charge in [0.1, 0.15) is 41.9 Å². The number of rotatable bonds is 13. The van der Waals surface area contributed by atoms with Crippen molar-refractivity contribution in [3.8, 4) is 0 Å². The molecule has 1 saturated carbocycles. The molecular formula is C27H53N7O9. The van der Waals surface area contributed by atoms with Crippen molar-refractivity contribution in [1.82, 2.24) is 16.0 Å². The van der Waals surface area contributed by atoms with Gasteiger partial charge in [-0.3, -0.25) is 4.79 Å². The normalized spacial score (nSPS) is 39.5. The van der Waals surface area contributed by atoms with Crippen LogP contribution in [0.5, 0.6) is 0 Å². The number of aliphatic hydroxyl groups is 4. The van der Waals surface area contributed by atoms with E-state index in [2.05, 4.69) is 16.0 Å². The van der Waals surface area contributed by atoms with Crippen LogP contribution in [0.1, 0.15) is 33.6 Å². The van der Waals surface area contributed by atoms with Crippen molar-refractivity contribution in [3.05, 3.63) is 11.8 Å².